The van der Waals surface area contributed by atoms with Crippen LogP contribution in [-0.2, 0) is 0 Å². The van der Waals surface area contributed by atoms with Gasteiger partial charge in [0.15, 0.2) is 0 Å². The van der Waals surface area contributed by atoms with E-state index in [-0.39, 0.29) is 0 Å². The third kappa shape index (κ3) is 34.2. The average molecular weight is 602 g/mol. The third-order valence-corrected chi connectivity index (χ3v) is 9.86. The average Bonchev–Trinajstić information content (AvgIpc) is 3.01. The highest BCUT2D eigenvalue weighted by Crippen LogP contribution is 2.22. The maximum atomic E-state index is 4.04. The Hall–Kier alpha value is -0.560. The summed E-state index contributed by atoms with van der Waals surface area (Å²) < 4.78 is 0. The number of nitrogens with one attached hydrogen (secondary N) is 1. The van der Waals surface area contributed by atoms with Crippen molar-refractivity contribution in [2.45, 2.75) is 219 Å². The summed E-state index contributed by atoms with van der Waals surface area (Å²) >= 11 is 0. The second kappa shape index (κ2) is 37.6. The van der Waals surface area contributed by atoms with Crippen molar-refractivity contribution >= 4 is 0 Å². The van der Waals surface area contributed by atoms with Crippen LogP contribution in [0.3, 0.4) is 0 Å². The molecule has 0 saturated carbocycles. The van der Waals surface area contributed by atoms with E-state index in [1.165, 1.54) is 219 Å². The molecule has 1 N–H and O–H groups in total. The van der Waals surface area contributed by atoms with Crippen LogP contribution in [-0.4, -0.2) is 13.1 Å². The first-order chi connectivity index (χ1) is 21.3. The van der Waals surface area contributed by atoms with E-state index >= 15 is 0 Å². The highest BCUT2D eigenvalue weighted by atomic mass is 14.8. The highest BCUT2D eigenvalue weighted by molar-refractivity contribution is 4.75. The van der Waals surface area contributed by atoms with Gasteiger partial charge in [0, 0.05) is 0 Å². The minimum atomic E-state index is 0.856. The lowest BCUT2D eigenvalue weighted by atomic mass is 9.92. The van der Waals surface area contributed by atoms with Gasteiger partial charge in [-0.25, -0.2) is 0 Å². The van der Waals surface area contributed by atoms with E-state index < -0.39 is 0 Å². The number of rotatable bonds is 38. The van der Waals surface area contributed by atoms with E-state index in [0.717, 1.165) is 11.8 Å². The van der Waals surface area contributed by atoms with Crippen LogP contribution in [0.25, 0.3) is 0 Å². The Balaban J connectivity index is 3.65. The Morgan fingerprint density at radius 3 is 0.907 bits per heavy atom. The number of hydrogen-bond acceptors (Lipinski definition) is 1. The number of allylic oxidation sites excluding steroid dienone is 2. The molecule has 0 aliphatic heterocycles. The molecule has 0 radical (unpaired) electrons. The van der Waals surface area contributed by atoms with Gasteiger partial charge >= 0.3 is 0 Å². The minimum absolute atomic E-state index is 0.856. The SMILES string of the molecule is C=CCC(CCCCCCCCCCCCCC)CCCNCCCC(CC=C)CCCCCCCCCCCCCC. The van der Waals surface area contributed by atoms with Crippen LogP contribution in [0.1, 0.15) is 219 Å². The Bertz CT molecular complexity index is 479. The molecule has 2 atom stereocenters. The lowest BCUT2D eigenvalue weighted by Crippen LogP contribution is -2.18. The molecule has 0 amide bonds. The fourth-order valence-electron chi connectivity index (χ4n) is 6.94. The molecule has 0 aromatic rings. The summed E-state index contributed by atoms with van der Waals surface area (Å²) in [5.41, 5.74) is 0. The van der Waals surface area contributed by atoms with Gasteiger partial charge in [-0.3, -0.25) is 0 Å². The van der Waals surface area contributed by atoms with Crippen molar-refractivity contribution in [1.29, 1.82) is 0 Å². The molecular weight excluding hydrogens is 518 g/mol. The topological polar surface area (TPSA) is 12.0 Å². The monoisotopic (exact) mass is 602 g/mol. The van der Waals surface area contributed by atoms with Crippen molar-refractivity contribution in [3.63, 3.8) is 0 Å². The largest absolute Gasteiger partial charge is 0.317 e. The van der Waals surface area contributed by atoms with E-state index in [4.69, 9.17) is 0 Å². The zero-order valence-corrected chi connectivity index (χ0v) is 30.3. The highest BCUT2D eigenvalue weighted by Gasteiger charge is 2.08. The van der Waals surface area contributed by atoms with Crippen molar-refractivity contribution in [3.05, 3.63) is 25.3 Å². The van der Waals surface area contributed by atoms with Gasteiger partial charge in [-0.1, -0.05) is 193 Å². The van der Waals surface area contributed by atoms with Crippen molar-refractivity contribution < 1.29 is 0 Å². The van der Waals surface area contributed by atoms with Crippen LogP contribution in [0.4, 0.5) is 0 Å². The zero-order chi connectivity index (χ0) is 31.3. The summed E-state index contributed by atoms with van der Waals surface area (Å²) in [4.78, 5) is 0. The number of unbranched alkanes of at least 4 members (excludes halogenated alkanes) is 22. The van der Waals surface area contributed by atoms with E-state index in [0.29, 0.717) is 0 Å². The standard InChI is InChI=1S/C42H83N/c1-5-9-11-13-15-17-19-21-23-25-27-29-35-41(33-7-3)37-31-39-43-40-32-38-42(34-8-4)36-30-28-26-24-22-20-18-16-14-12-10-6-2/h7-8,41-43H,3-6,9-40H2,1-2H3. The Morgan fingerprint density at radius 2 is 0.628 bits per heavy atom. The van der Waals surface area contributed by atoms with Crippen LogP contribution >= 0.6 is 0 Å². The molecule has 0 heterocycles. The summed E-state index contributed by atoms with van der Waals surface area (Å²) in [5.74, 6) is 1.71. The molecule has 0 bridgehead atoms. The van der Waals surface area contributed by atoms with Gasteiger partial charge < -0.3 is 5.32 Å². The zero-order valence-electron chi connectivity index (χ0n) is 30.3. The molecule has 0 fully saturated rings. The van der Waals surface area contributed by atoms with E-state index in [2.05, 4.69) is 44.5 Å². The Morgan fingerprint density at radius 1 is 0.372 bits per heavy atom. The second-order valence-electron chi connectivity index (χ2n) is 14.2. The van der Waals surface area contributed by atoms with Crippen molar-refractivity contribution in [2.75, 3.05) is 13.1 Å². The first-order valence-electron chi connectivity index (χ1n) is 20.2. The lowest BCUT2D eigenvalue weighted by Gasteiger charge is -2.16. The first-order valence-corrected chi connectivity index (χ1v) is 20.2. The van der Waals surface area contributed by atoms with Crippen LogP contribution in [0, 0.1) is 11.8 Å². The maximum Gasteiger partial charge on any atom is -0.00488 e. The van der Waals surface area contributed by atoms with Gasteiger partial charge in [-0.2, -0.15) is 0 Å². The Kier molecular flexibility index (Phi) is 37.1. The van der Waals surface area contributed by atoms with Crippen molar-refractivity contribution in [2.24, 2.45) is 11.8 Å². The maximum absolute atomic E-state index is 4.04. The fourth-order valence-corrected chi connectivity index (χ4v) is 6.94. The molecule has 0 rings (SSSR count). The summed E-state index contributed by atoms with van der Waals surface area (Å²) in [6, 6.07) is 0. The summed E-state index contributed by atoms with van der Waals surface area (Å²) in [6.07, 6.45) is 49.6. The molecule has 1 nitrogen and oxygen atoms in total. The van der Waals surface area contributed by atoms with Gasteiger partial charge in [0.25, 0.3) is 0 Å². The summed E-state index contributed by atoms with van der Waals surface area (Å²) in [5, 5.41) is 3.76. The molecule has 43 heavy (non-hydrogen) atoms. The van der Waals surface area contributed by atoms with Gasteiger partial charge in [0.05, 0.1) is 0 Å². The van der Waals surface area contributed by atoms with Crippen LogP contribution in [0.5, 0.6) is 0 Å². The van der Waals surface area contributed by atoms with E-state index in [9.17, 15) is 0 Å². The third-order valence-electron chi connectivity index (χ3n) is 9.86. The quantitative estimate of drug-likeness (QED) is 0.0548. The van der Waals surface area contributed by atoms with E-state index in [1.54, 1.807) is 0 Å². The van der Waals surface area contributed by atoms with Crippen LogP contribution in [0.15, 0.2) is 25.3 Å². The molecule has 256 valence electrons. The van der Waals surface area contributed by atoms with Gasteiger partial charge in [0.2, 0.25) is 0 Å². The minimum Gasteiger partial charge on any atom is -0.317 e. The van der Waals surface area contributed by atoms with Crippen LogP contribution < -0.4 is 5.32 Å². The lowest BCUT2D eigenvalue weighted by molar-refractivity contribution is 0.397. The predicted octanol–water partition coefficient (Wildman–Crippen LogP) is 14.7. The number of hydrogen-bond donors (Lipinski definition) is 1. The van der Waals surface area contributed by atoms with E-state index in [1.807, 2.05) is 0 Å². The Labute approximate surface area is 274 Å². The predicted molar refractivity (Wildman–Crippen MR) is 199 cm³/mol. The van der Waals surface area contributed by atoms with Crippen LogP contribution in [0.2, 0.25) is 0 Å². The summed E-state index contributed by atoms with van der Waals surface area (Å²) in [7, 11) is 0. The van der Waals surface area contributed by atoms with Gasteiger partial charge in [-0.05, 0) is 63.5 Å². The van der Waals surface area contributed by atoms with Gasteiger partial charge in [0.1, 0.15) is 0 Å². The molecule has 2 unspecified atom stereocenters. The molecule has 0 aliphatic rings. The normalized spacial score (nSPS) is 12.9. The molecule has 0 saturated heterocycles. The summed E-state index contributed by atoms with van der Waals surface area (Å²) in [6.45, 7) is 15.1. The van der Waals surface area contributed by atoms with Crippen molar-refractivity contribution in [1.82, 2.24) is 5.32 Å². The smallest absolute Gasteiger partial charge is 0.00488 e. The second-order valence-corrected chi connectivity index (χ2v) is 14.2. The molecule has 0 spiro atoms. The molecule has 0 aromatic carbocycles. The molecule has 0 aliphatic carbocycles. The fraction of sp³-hybridized carbons (Fsp3) is 0.905. The first kappa shape index (κ1) is 42.4. The van der Waals surface area contributed by atoms with Crippen molar-refractivity contribution in [3.8, 4) is 0 Å². The molecular formula is C42H83N. The molecule has 1 heteroatoms. The molecule has 0 aromatic heterocycles. The van der Waals surface area contributed by atoms with Gasteiger partial charge in [-0.15, -0.1) is 13.2 Å².